The number of ether oxygens (including phenoxy) is 1. The van der Waals surface area contributed by atoms with Crippen LogP contribution in [-0.4, -0.2) is 36.4 Å². The average molecular weight is 288 g/mol. The molecule has 1 unspecified atom stereocenters. The van der Waals surface area contributed by atoms with Crippen molar-refractivity contribution in [3.8, 4) is 5.75 Å². The van der Waals surface area contributed by atoms with Crippen LogP contribution in [0.3, 0.4) is 0 Å². The molecule has 0 radical (unpaired) electrons. The van der Waals surface area contributed by atoms with E-state index in [1.54, 1.807) is 31.4 Å². The van der Waals surface area contributed by atoms with Crippen molar-refractivity contribution in [3.63, 3.8) is 0 Å². The molecule has 1 aromatic carbocycles. The summed E-state index contributed by atoms with van der Waals surface area (Å²) >= 11 is 0. The van der Waals surface area contributed by atoms with E-state index in [1.807, 2.05) is 4.90 Å². The van der Waals surface area contributed by atoms with Gasteiger partial charge in [-0.2, -0.15) is 0 Å². The Morgan fingerprint density at radius 2 is 2.00 bits per heavy atom. The van der Waals surface area contributed by atoms with Crippen LogP contribution >= 0.6 is 0 Å². The van der Waals surface area contributed by atoms with Crippen LogP contribution in [0.25, 0.3) is 0 Å². The zero-order chi connectivity index (χ0) is 14.8. The molecule has 2 fully saturated rings. The maximum atomic E-state index is 12.3. The highest BCUT2D eigenvalue weighted by molar-refractivity contribution is 5.97. The molecule has 2 aliphatic rings. The molecule has 21 heavy (non-hydrogen) atoms. The Hall–Kier alpha value is -2.04. The molecule has 1 aromatic rings. The van der Waals surface area contributed by atoms with Gasteiger partial charge in [0.15, 0.2) is 0 Å². The molecule has 1 saturated heterocycles. The minimum Gasteiger partial charge on any atom is -0.497 e. The Bertz CT molecular complexity index is 537. The molecule has 0 bridgehead atoms. The number of hydrogen-bond donors (Lipinski definition) is 1. The third-order valence-corrected chi connectivity index (χ3v) is 4.40. The molecule has 2 amide bonds. The highest BCUT2D eigenvalue weighted by atomic mass is 16.5. The van der Waals surface area contributed by atoms with Crippen molar-refractivity contribution in [2.75, 3.05) is 19.0 Å². The van der Waals surface area contributed by atoms with Crippen LogP contribution in [-0.2, 0) is 9.59 Å². The molecule has 1 atom stereocenters. The third-order valence-electron chi connectivity index (χ3n) is 4.40. The molecule has 112 valence electrons. The Morgan fingerprint density at radius 3 is 2.57 bits per heavy atom. The van der Waals surface area contributed by atoms with Crippen molar-refractivity contribution in [1.82, 2.24) is 4.90 Å². The van der Waals surface area contributed by atoms with Crippen LogP contribution in [0.2, 0.25) is 0 Å². The summed E-state index contributed by atoms with van der Waals surface area (Å²) in [5, 5.41) is 2.88. The zero-order valence-electron chi connectivity index (χ0n) is 12.2. The van der Waals surface area contributed by atoms with Gasteiger partial charge in [0.2, 0.25) is 11.8 Å². The van der Waals surface area contributed by atoms with E-state index < -0.39 is 0 Å². The lowest BCUT2D eigenvalue weighted by Crippen LogP contribution is -2.41. The number of hydrogen-bond acceptors (Lipinski definition) is 3. The van der Waals surface area contributed by atoms with Crippen molar-refractivity contribution in [2.24, 2.45) is 5.92 Å². The molecule has 1 heterocycles. The first-order valence-corrected chi connectivity index (χ1v) is 7.42. The van der Waals surface area contributed by atoms with Gasteiger partial charge in [0, 0.05) is 24.7 Å². The summed E-state index contributed by atoms with van der Waals surface area (Å²) < 4.78 is 5.08. The van der Waals surface area contributed by atoms with E-state index in [0.717, 1.165) is 24.3 Å². The molecular weight excluding hydrogens is 268 g/mol. The number of likely N-dealkylation sites (tertiary alicyclic amines) is 1. The number of carbonyl (C=O) groups excluding carboxylic acids is 2. The smallest absolute Gasteiger partial charge is 0.229 e. The van der Waals surface area contributed by atoms with Crippen LogP contribution in [0.4, 0.5) is 5.69 Å². The molecule has 5 nitrogen and oxygen atoms in total. The molecule has 1 N–H and O–H groups in total. The summed E-state index contributed by atoms with van der Waals surface area (Å²) in [4.78, 5) is 26.1. The van der Waals surface area contributed by atoms with Crippen LogP contribution in [0.1, 0.15) is 25.7 Å². The van der Waals surface area contributed by atoms with Gasteiger partial charge in [-0.15, -0.1) is 0 Å². The van der Waals surface area contributed by atoms with Gasteiger partial charge >= 0.3 is 0 Å². The van der Waals surface area contributed by atoms with E-state index in [0.29, 0.717) is 19.0 Å². The van der Waals surface area contributed by atoms with E-state index in [2.05, 4.69) is 5.32 Å². The number of benzene rings is 1. The van der Waals surface area contributed by atoms with Crippen molar-refractivity contribution >= 4 is 17.5 Å². The lowest BCUT2D eigenvalue weighted by Gasteiger charge is -2.34. The fraction of sp³-hybridized carbons (Fsp3) is 0.500. The van der Waals surface area contributed by atoms with E-state index in [-0.39, 0.29) is 17.7 Å². The van der Waals surface area contributed by atoms with Gasteiger partial charge in [0.05, 0.1) is 13.0 Å². The fourth-order valence-corrected chi connectivity index (χ4v) is 2.88. The van der Waals surface area contributed by atoms with Crippen molar-refractivity contribution < 1.29 is 14.3 Å². The van der Waals surface area contributed by atoms with E-state index in [9.17, 15) is 9.59 Å². The Morgan fingerprint density at radius 1 is 1.29 bits per heavy atom. The molecule has 3 rings (SSSR count). The van der Waals surface area contributed by atoms with Crippen LogP contribution < -0.4 is 10.1 Å². The van der Waals surface area contributed by atoms with Gasteiger partial charge in [0.1, 0.15) is 5.75 Å². The minimum absolute atomic E-state index is 0.0738. The van der Waals surface area contributed by atoms with Crippen LogP contribution in [0.5, 0.6) is 5.75 Å². The van der Waals surface area contributed by atoms with Gasteiger partial charge in [-0.1, -0.05) is 0 Å². The maximum absolute atomic E-state index is 12.3. The second kappa shape index (κ2) is 5.76. The van der Waals surface area contributed by atoms with Gasteiger partial charge in [0.25, 0.3) is 0 Å². The summed E-state index contributed by atoms with van der Waals surface area (Å²) in [6, 6.07) is 7.58. The number of methoxy groups -OCH3 is 1. The van der Waals surface area contributed by atoms with E-state index in [4.69, 9.17) is 4.74 Å². The SMILES string of the molecule is COc1ccc(NC(=O)C2CC(=O)N(C3CCC3)C2)cc1. The summed E-state index contributed by atoms with van der Waals surface area (Å²) in [7, 11) is 1.60. The monoisotopic (exact) mass is 288 g/mol. The number of carbonyl (C=O) groups is 2. The van der Waals surface area contributed by atoms with Crippen LogP contribution in [0.15, 0.2) is 24.3 Å². The highest BCUT2D eigenvalue weighted by Gasteiger charge is 2.39. The Labute approximate surface area is 124 Å². The maximum Gasteiger partial charge on any atom is 0.229 e. The Kier molecular flexibility index (Phi) is 3.82. The van der Waals surface area contributed by atoms with E-state index in [1.165, 1.54) is 6.42 Å². The Balaban J connectivity index is 1.59. The lowest BCUT2D eigenvalue weighted by atomic mass is 9.92. The number of rotatable bonds is 4. The predicted molar refractivity (Wildman–Crippen MR) is 79.1 cm³/mol. The quantitative estimate of drug-likeness (QED) is 0.922. The standard InChI is InChI=1S/C16H20N2O3/c1-21-14-7-5-12(6-8-14)17-16(20)11-9-15(19)18(10-11)13-3-2-4-13/h5-8,11,13H,2-4,9-10H2,1H3,(H,17,20). The fourth-order valence-electron chi connectivity index (χ4n) is 2.88. The topological polar surface area (TPSA) is 58.6 Å². The first-order chi connectivity index (χ1) is 10.2. The van der Waals surface area contributed by atoms with Crippen molar-refractivity contribution in [2.45, 2.75) is 31.7 Å². The highest BCUT2D eigenvalue weighted by Crippen LogP contribution is 2.31. The number of amides is 2. The summed E-state index contributed by atoms with van der Waals surface area (Å²) in [5.74, 6) is 0.560. The third kappa shape index (κ3) is 2.86. The molecule has 0 spiro atoms. The summed E-state index contributed by atoms with van der Waals surface area (Å²) in [5.41, 5.74) is 0.732. The molecule has 1 aliphatic heterocycles. The normalized spacial score (nSPS) is 22.0. The van der Waals surface area contributed by atoms with E-state index >= 15 is 0 Å². The predicted octanol–water partition coefficient (Wildman–Crippen LogP) is 2.03. The average Bonchev–Trinajstić information content (AvgIpc) is 2.80. The largest absolute Gasteiger partial charge is 0.497 e. The number of nitrogens with zero attached hydrogens (tertiary/aromatic N) is 1. The minimum atomic E-state index is -0.236. The van der Waals surface area contributed by atoms with Gasteiger partial charge in [-0.05, 0) is 43.5 Å². The molecular formula is C16H20N2O3. The van der Waals surface area contributed by atoms with Gasteiger partial charge in [-0.3, -0.25) is 9.59 Å². The van der Waals surface area contributed by atoms with Crippen molar-refractivity contribution in [3.05, 3.63) is 24.3 Å². The molecule has 1 aliphatic carbocycles. The summed E-state index contributed by atoms with van der Waals surface area (Å²) in [6.07, 6.45) is 3.69. The number of nitrogens with one attached hydrogen (secondary N) is 1. The first kappa shape index (κ1) is 13.9. The summed E-state index contributed by atoms with van der Waals surface area (Å²) in [6.45, 7) is 0.561. The number of anilines is 1. The zero-order valence-corrected chi connectivity index (χ0v) is 12.2. The lowest BCUT2D eigenvalue weighted by molar-refractivity contribution is -0.131. The van der Waals surface area contributed by atoms with Crippen LogP contribution in [0, 0.1) is 5.92 Å². The molecule has 0 aromatic heterocycles. The second-order valence-corrected chi connectivity index (χ2v) is 5.75. The molecule has 5 heteroatoms. The second-order valence-electron chi connectivity index (χ2n) is 5.75. The van der Waals surface area contributed by atoms with Crippen molar-refractivity contribution in [1.29, 1.82) is 0 Å². The molecule has 1 saturated carbocycles. The van der Waals surface area contributed by atoms with Gasteiger partial charge < -0.3 is 15.0 Å². The first-order valence-electron chi connectivity index (χ1n) is 7.42. The van der Waals surface area contributed by atoms with Gasteiger partial charge in [-0.25, -0.2) is 0 Å².